The van der Waals surface area contributed by atoms with Crippen LogP contribution >= 0.6 is 0 Å². The van der Waals surface area contributed by atoms with Crippen LogP contribution in [0.15, 0.2) is 0 Å². The average Bonchev–Trinajstić information content (AvgIpc) is 2.18. The van der Waals surface area contributed by atoms with Gasteiger partial charge in [0, 0.05) is 6.04 Å². The third-order valence-corrected chi connectivity index (χ3v) is 2.48. The minimum absolute atomic E-state index is 0.536. The van der Waals surface area contributed by atoms with Gasteiger partial charge in [-0.1, -0.05) is 19.3 Å². The lowest BCUT2D eigenvalue weighted by Crippen LogP contribution is -2.28. The first kappa shape index (κ1) is 13.8. The van der Waals surface area contributed by atoms with Crippen molar-refractivity contribution in [2.24, 2.45) is 5.73 Å². The molecule has 0 aliphatic heterocycles. The van der Waals surface area contributed by atoms with Gasteiger partial charge in [0.1, 0.15) is 0 Å². The molecule has 1 rings (SSSR count). The van der Waals surface area contributed by atoms with Crippen molar-refractivity contribution in [2.45, 2.75) is 57.5 Å². The van der Waals surface area contributed by atoms with E-state index in [0.717, 1.165) is 0 Å². The second kappa shape index (κ2) is 8.12. The highest BCUT2D eigenvalue weighted by Crippen LogP contribution is 2.14. The van der Waals surface area contributed by atoms with Gasteiger partial charge in [-0.25, -0.2) is 8.78 Å². The highest BCUT2D eigenvalue weighted by Gasteiger charge is 2.09. The predicted octanol–water partition coefficient (Wildman–Crippen LogP) is 2.14. The average molecular weight is 208 g/mol. The van der Waals surface area contributed by atoms with E-state index in [1.807, 2.05) is 0 Å². The Balaban J connectivity index is 0.000000241. The number of nitrogens with two attached hydrogens (primary N) is 1. The van der Waals surface area contributed by atoms with Gasteiger partial charge in [0.25, 0.3) is 6.43 Å². The highest BCUT2D eigenvalue weighted by molar-refractivity contribution is 4.66. The molecule has 1 unspecified atom stereocenters. The first-order valence-corrected chi connectivity index (χ1v) is 5.29. The van der Waals surface area contributed by atoms with Gasteiger partial charge in [-0.15, -0.1) is 0 Å². The quantitative estimate of drug-likeness (QED) is 0.729. The van der Waals surface area contributed by atoms with E-state index in [-0.39, 0.29) is 0 Å². The number of halogens is 2. The lowest BCUT2D eigenvalue weighted by atomic mass is 9.97. The van der Waals surface area contributed by atoms with E-state index in [0.29, 0.717) is 6.04 Å². The maximum absolute atomic E-state index is 11.4. The molecule has 0 radical (unpaired) electrons. The summed E-state index contributed by atoms with van der Waals surface area (Å²) in [5, 5.41) is 2.41. The van der Waals surface area contributed by atoms with E-state index in [1.54, 1.807) is 0 Å². The van der Waals surface area contributed by atoms with Crippen molar-refractivity contribution in [1.29, 1.82) is 0 Å². The molecule has 0 bridgehead atoms. The molecular weight excluding hydrogens is 186 g/mol. The van der Waals surface area contributed by atoms with E-state index in [1.165, 1.54) is 46.1 Å². The molecule has 14 heavy (non-hydrogen) atoms. The Morgan fingerprint density at radius 2 is 1.71 bits per heavy atom. The Hall–Kier alpha value is -0.220. The Morgan fingerprint density at radius 3 is 1.86 bits per heavy atom. The molecule has 3 N–H and O–H groups in total. The van der Waals surface area contributed by atoms with Crippen molar-refractivity contribution in [2.75, 3.05) is 7.05 Å². The van der Waals surface area contributed by atoms with Gasteiger partial charge in [-0.2, -0.15) is 0 Å². The number of nitrogens with one attached hydrogen (secondary N) is 1. The van der Waals surface area contributed by atoms with Crippen molar-refractivity contribution in [3.63, 3.8) is 0 Å². The van der Waals surface area contributed by atoms with E-state index in [4.69, 9.17) is 5.73 Å². The molecule has 2 nitrogen and oxygen atoms in total. The van der Waals surface area contributed by atoms with Gasteiger partial charge >= 0.3 is 0 Å². The minimum Gasteiger partial charge on any atom is -0.328 e. The van der Waals surface area contributed by atoms with E-state index in [9.17, 15) is 8.78 Å². The van der Waals surface area contributed by atoms with Crippen LogP contribution in [0, 0.1) is 0 Å². The van der Waals surface area contributed by atoms with Crippen LogP contribution in [0.5, 0.6) is 0 Å². The summed E-state index contributed by atoms with van der Waals surface area (Å²) in [5.41, 5.74) is 5.63. The zero-order valence-electron chi connectivity index (χ0n) is 9.10. The SMILES string of the molecule is CNC(C)C(F)F.NC1CCCCC1. The number of alkyl halides is 2. The summed E-state index contributed by atoms with van der Waals surface area (Å²) in [5.74, 6) is 0. The standard InChI is InChI=1S/C6H13N.C4H9F2N/c7-6-4-2-1-3-5-6;1-3(7-2)4(5)6/h6H,1-5,7H2;3-4,7H,1-2H3. The second-order valence-corrected chi connectivity index (χ2v) is 3.81. The summed E-state index contributed by atoms with van der Waals surface area (Å²) in [6.45, 7) is 1.44. The maximum Gasteiger partial charge on any atom is 0.253 e. The fourth-order valence-corrected chi connectivity index (χ4v) is 1.26. The molecule has 0 heterocycles. The van der Waals surface area contributed by atoms with E-state index < -0.39 is 12.5 Å². The Bertz CT molecular complexity index is 125. The molecule has 0 saturated heterocycles. The first-order valence-electron chi connectivity index (χ1n) is 5.29. The molecule has 0 aromatic heterocycles. The monoisotopic (exact) mass is 208 g/mol. The molecule has 1 aliphatic rings. The van der Waals surface area contributed by atoms with Gasteiger partial charge in [-0.3, -0.25) is 0 Å². The molecular formula is C10H22F2N2. The molecule has 1 aliphatic carbocycles. The number of rotatable bonds is 2. The highest BCUT2D eigenvalue weighted by atomic mass is 19.3. The number of hydrogen-bond acceptors (Lipinski definition) is 2. The zero-order valence-corrected chi connectivity index (χ0v) is 9.10. The first-order chi connectivity index (χ1) is 6.57. The van der Waals surface area contributed by atoms with Crippen LogP contribution in [-0.2, 0) is 0 Å². The van der Waals surface area contributed by atoms with Crippen LogP contribution in [0.3, 0.4) is 0 Å². The Morgan fingerprint density at radius 1 is 1.21 bits per heavy atom. The molecule has 86 valence electrons. The topological polar surface area (TPSA) is 38.0 Å². The molecule has 0 spiro atoms. The lowest BCUT2D eigenvalue weighted by molar-refractivity contribution is 0.110. The Labute approximate surface area is 85.2 Å². The fourth-order valence-electron chi connectivity index (χ4n) is 1.26. The molecule has 0 amide bonds. The summed E-state index contributed by atoms with van der Waals surface area (Å²) in [7, 11) is 1.51. The minimum atomic E-state index is -2.25. The van der Waals surface area contributed by atoms with Crippen molar-refractivity contribution < 1.29 is 8.78 Å². The van der Waals surface area contributed by atoms with Crippen LogP contribution < -0.4 is 11.1 Å². The lowest BCUT2D eigenvalue weighted by Gasteiger charge is -2.15. The van der Waals surface area contributed by atoms with E-state index in [2.05, 4.69) is 5.32 Å². The van der Waals surface area contributed by atoms with Crippen molar-refractivity contribution >= 4 is 0 Å². The predicted molar refractivity (Wildman–Crippen MR) is 55.6 cm³/mol. The van der Waals surface area contributed by atoms with Crippen molar-refractivity contribution in [3.8, 4) is 0 Å². The van der Waals surface area contributed by atoms with Crippen molar-refractivity contribution in [3.05, 3.63) is 0 Å². The largest absolute Gasteiger partial charge is 0.328 e. The van der Waals surface area contributed by atoms with Gasteiger partial charge < -0.3 is 11.1 Å². The zero-order chi connectivity index (χ0) is 11.0. The van der Waals surface area contributed by atoms with Gasteiger partial charge in [0.05, 0.1) is 6.04 Å². The number of hydrogen-bond donors (Lipinski definition) is 2. The second-order valence-electron chi connectivity index (χ2n) is 3.81. The molecule has 0 aromatic rings. The fraction of sp³-hybridized carbons (Fsp3) is 1.00. The molecule has 4 heteroatoms. The van der Waals surface area contributed by atoms with Crippen LogP contribution in [0.2, 0.25) is 0 Å². The van der Waals surface area contributed by atoms with Crippen LogP contribution in [-0.4, -0.2) is 25.6 Å². The summed E-state index contributed by atoms with van der Waals surface area (Å²) in [4.78, 5) is 0. The van der Waals surface area contributed by atoms with E-state index >= 15 is 0 Å². The third-order valence-electron chi connectivity index (χ3n) is 2.48. The van der Waals surface area contributed by atoms with Crippen LogP contribution in [0.1, 0.15) is 39.0 Å². The molecule has 1 saturated carbocycles. The summed E-state index contributed by atoms with van der Waals surface area (Å²) >= 11 is 0. The van der Waals surface area contributed by atoms with Gasteiger partial charge in [-0.05, 0) is 26.8 Å². The maximum atomic E-state index is 11.4. The third kappa shape index (κ3) is 7.21. The van der Waals surface area contributed by atoms with Gasteiger partial charge in [0.15, 0.2) is 0 Å². The normalized spacial score (nSPS) is 20.1. The molecule has 1 atom stereocenters. The van der Waals surface area contributed by atoms with Crippen molar-refractivity contribution in [1.82, 2.24) is 5.32 Å². The molecule has 0 aromatic carbocycles. The summed E-state index contributed by atoms with van der Waals surface area (Å²) in [6.07, 6.45) is 4.42. The van der Waals surface area contributed by atoms with Crippen LogP contribution in [0.25, 0.3) is 0 Å². The molecule has 1 fully saturated rings. The smallest absolute Gasteiger partial charge is 0.253 e. The Kier molecular flexibility index (Phi) is 7.99. The van der Waals surface area contributed by atoms with Gasteiger partial charge in [0.2, 0.25) is 0 Å². The summed E-state index contributed by atoms with van der Waals surface area (Å²) in [6, 6.07) is -0.145. The summed E-state index contributed by atoms with van der Waals surface area (Å²) < 4.78 is 22.7. The van der Waals surface area contributed by atoms with Crippen LogP contribution in [0.4, 0.5) is 8.78 Å².